The van der Waals surface area contributed by atoms with Crippen LogP contribution in [0, 0.1) is 5.92 Å². The Bertz CT molecular complexity index is 1350. The van der Waals surface area contributed by atoms with Crippen LogP contribution in [0.5, 0.6) is 5.75 Å². The topological polar surface area (TPSA) is 136 Å². The number of ether oxygens (including phenoxy) is 5. The van der Waals surface area contributed by atoms with Gasteiger partial charge in [-0.2, -0.15) is 0 Å². The molecule has 1 aromatic rings. The predicted molar refractivity (Wildman–Crippen MR) is 166 cm³/mol. The van der Waals surface area contributed by atoms with E-state index in [-0.39, 0.29) is 29.3 Å². The number of rotatable bonds is 6. The van der Waals surface area contributed by atoms with Crippen molar-refractivity contribution in [1.82, 2.24) is 10.2 Å². The molecule has 0 saturated carbocycles. The van der Waals surface area contributed by atoms with Gasteiger partial charge in [-0.15, -0.1) is 0 Å². The largest absolute Gasteiger partial charge is 0.495 e. The molecular formula is C32H42ClN3O9. The van der Waals surface area contributed by atoms with Gasteiger partial charge in [-0.1, -0.05) is 42.3 Å². The number of hydrogen-bond donors (Lipinski definition) is 1. The number of epoxide rings is 1. The van der Waals surface area contributed by atoms with Gasteiger partial charge in [0.15, 0.2) is 0 Å². The number of likely N-dealkylation sites (N-methyl/N-ethyl adjacent to an activating group) is 1. The molecule has 4 unspecified atom stereocenters. The Hall–Kier alpha value is -3.61. The third-order valence-electron chi connectivity index (χ3n) is 8.71. The molecule has 45 heavy (non-hydrogen) atoms. The van der Waals surface area contributed by atoms with Crippen molar-refractivity contribution in [3.8, 4) is 5.75 Å². The number of alkyl carbamates (subject to hydrolysis) is 1. The number of anilines is 1. The number of fused-ring (bicyclic) bond motifs is 5. The van der Waals surface area contributed by atoms with E-state index in [4.69, 9.17) is 35.3 Å². The van der Waals surface area contributed by atoms with Gasteiger partial charge in [-0.25, -0.2) is 9.59 Å². The number of halogens is 1. The predicted octanol–water partition coefficient (Wildman–Crippen LogP) is 3.43. The number of nitrogens with zero attached hydrogens (tertiary/aromatic N) is 2. The smallest absolute Gasteiger partial charge is 0.407 e. The van der Waals surface area contributed by atoms with Crippen molar-refractivity contribution in [2.45, 2.75) is 82.6 Å². The average molecular weight is 648 g/mol. The van der Waals surface area contributed by atoms with Crippen LogP contribution in [0.3, 0.4) is 0 Å². The molecule has 246 valence electrons. The molecule has 2 saturated heterocycles. The first-order valence-electron chi connectivity index (χ1n) is 14.9. The molecule has 0 spiro atoms. The van der Waals surface area contributed by atoms with Gasteiger partial charge < -0.3 is 38.8 Å². The molecule has 2 fully saturated rings. The average Bonchev–Trinajstić information content (AvgIpc) is 3.82. The Morgan fingerprint density at radius 1 is 1.24 bits per heavy atom. The zero-order chi connectivity index (χ0) is 33.0. The molecule has 3 heterocycles. The van der Waals surface area contributed by atoms with Crippen molar-refractivity contribution >= 4 is 41.7 Å². The first-order chi connectivity index (χ1) is 21.4. The summed E-state index contributed by atoms with van der Waals surface area (Å²) in [6.07, 6.45) is 3.42. The summed E-state index contributed by atoms with van der Waals surface area (Å²) in [6.45, 7) is 5.41. The number of carbonyl (C=O) groups is 4. The quantitative estimate of drug-likeness (QED) is 0.280. The van der Waals surface area contributed by atoms with Crippen LogP contribution in [-0.4, -0.2) is 100 Å². The maximum absolute atomic E-state index is 13.8. The molecule has 0 aromatic heterocycles. The Morgan fingerprint density at radius 2 is 1.98 bits per heavy atom. The molecule has 4 rings (SSSR count). The van der Waals surface area contributed by atoms with E-state index in [0.717, 1.165) is 11.1 Å². The molecule has 0 radical (unpaired) electrons. The standard InChI is InChI=1S/C32H42ClN3O9/c1-17-9-8-10-23(41-6)21-14-24(44-32(40)34-21)18(2)29-30(45-29)26(43-31(39)19(3)35(4)16-37)15-27(38)36(5)22-12-20(11-17)13-25(42-7)28(22)33/h8-10,12-13,16,18-19,21,23-24,26,29-30H,11,14-15H2,1-7H3,(H,34,40)/b10-8+,17-9+/t18-,19+,21?,23-,24?,26+,29?,30?/m1/s1. The van der Waals surface area contributed by atoms with Gasteiger partial charge in [-0.3, -0.25) is 9.59 Å². The molecule has 8 atom stereocenters. The first-order valence-corrected chi connectivity index (χ1v) is 15.3. The number of esters is 1. The van der Waals surface area contributed by atoms with Crippen LogP contribution >= 0.6 is 11.6 Å². The third-order valence-corrected chi connectivity index (χ3v) is 9.09. The van der Waals surface area contributed by atoms with Crippen molar-refractivity contribution < 1.29 is 42.9 Å². The fourth-order valence-electron chi connectivity index (χ4n) is 5.68. The number of allylic oxidation sites excluding steroid dienone is 3. The number of carbonyl (C=O) groups excluding carboxylic acids is 4. The van der Waals surface area contributed by atoms with Gasteiger partial charge in [0.25, 0.3) is 0 Å². The molecule has 12 nitrogen and oxygen atoms in total. The van der Waals surface area contributed by atoms with Crippen LogP contribution in [0.2, 0.25) is 5.02 Å². The highest BCUT2D eigenvalue weighted by atomic mass is 35.5. The van der Waals surface area contributed by atoms with E-state index in [2.05, 4.69) is 5.32 Å². The van der Waals surface area contributed by atoms with E-state index in [1.165, 1.54) is 30.9 Å². The Morgan fingerprint density at radius 3 is 2.64 bits per heavy atom. The third kappa shape index (κ3) is 7.98. The number of amides is 3. The number of hydrogen-bond acceptors (Lipinski definition) is 9. The second-order valence-corrected chi connectivity index (χ2v) is 12.2. The molecule has 3 aliphatic heterocycles. The maximum Gasteiger partial charge on any atom is 0.407 e. The van der Waals surface area contributed by atoms with E-state index < -0.39 is 48.6 Å². The molecule has 0 aliphatic carbocycles. The van der Waals surface area contributed by atoms with Crippen LogP contribution < -0.4 is 15.0 Å². The zero-order valence-corrected chi connectivity index (χ0v) is 27.4. The van der Waals surface area contributed by atoms with Crippen molar-refractivity contribution in [3.63, 3.8) is 0 Å². The molecule has 1 aromatic carbocycles. The fraction of sp³-hybridized carbons (Fsp3) is 0.562. The van der Waals surface area contributed by atoms with E-state index in [1.807, 2.05) is 44.2 Å². The van der Waals surface area contributed by atoms with Crippen molar-refractivity contribution in [3.05, 3.63) is 46.5 Å². The molecule has 4 bridgehead atoms. The van der Waals surface area contributed by atoms with E-state index in [1.54, 1.807) is 14.2 Å². The summed E-state index contributed by atoms with van der Waals surface area (Å²) in [4.78, 5) is 53.3. The second-order valence-electron chi connectivity index (χ2n) is 11.8. The molecule has 1 N–H and O–H groups in total. The number of benzene rings is 1. The fourth-order valence-corrected chi connectivity index (χ4v) is 6.00. The molecule has 13 heteroatoms. The number of methoxy groups -OCH3 is 2. The van der Waals surface area contributed by atoms with Gasteiger partial charge in [0.2, 0.25) is 12.3 Å². The molecular weight excluding hydrogens is 606 g/mol. The van der Waals surface area contributed by atoms with Crippen LogP contribution in [0.4, 0.5) is 10.5 Å². The van der Waals surface area contributed by atoms with Crippen molar-refractivity contribution in [2.24, 2.45) is 5.92 Å². The summed E-state index contributed by atoms with van der Waals surface area (Å²) in [5.74, 6) is -0.948. The van der Waals surface area contributed by atoms with Gasteiger partial charge in [0.05, 0.1) is 37.5 Å². The Balaban J connectivity index is 1.73. The lowest BCUT2D eigenvalue weighted by molar-refractivity contribution is -0.157. The van der Waals surface area contributed by atoms with Gasteiger partial charge >= 0.3 is 12.1 Å². The van der Waals surface area contributed by atoms with Crippen LogP contribution in [-0.2, 0) is 39.8 Å². The number of nitrogens with one attached hydrogen (secondary N) is 1. The normalized spacial score (nSPS) is 31.2. The van der Waals surface area contributed by atoms with Crippen LogP contribution in [0.15, 0.2) is 35.9 Å². The minimum atomic E-state index is -0.985. The lowest BCUT2D eigenvalue weighted by atomic mass is 9.89. The molecule has 3 aliphatic rings. The minimum absolute atomic E-state index is 0.222. The first kappa shape index (κ1) is 34.3. The van der Waals surface area contributed by atoms with Crippen LogP contribution in [0.1, 0.15) is 39.2 Å². The summed E-state index contributed by atoms with van der Waals surface area (Å²) in [5.41, 5.74) is 2.32. The summed E-state index contributed by atoms with van der Waals surface area (Å²) in [6, 6.07) is 2.40. The van der Waals surface area contributed by atoms with Crippen LogP contribution in [0.25, 0.3) is 0 Å². The lowest BCUT2D eigenvalue weighted by Gasteiger charge is -2.35. The van der Waals surface area contributed by atoms with E-state index >= 15 is 0 Å². The maximum atomic E-state index is 13.8. The summed E-state index contributed by atoms with van der Waals surface area (Å²) in [5, 5.41) is 3.12. The van der Waals surface area contributed by atoms with Crippen molar-refractivity contribution in [2.75, 3.05) is 33.2 Å². The highest BCUT2D eigenvalue weighted by Gasteiger charge is 2.54. The van der Waals surface area contributed by atoms with Gasteiger partial charge in [0.1, 0.15) is 35.1 Å². The van der Waals surface area contributed by atoms with Gasteiger partial charge in [0, 0.05) is 33.5 Å². The van der Waals surface area contributed by atoms with Gasteiger partial charge in [-0.05, 0) is 38.0 Å². The summed E-state index contributed by atoms with van der Waals surface area (Å²) < 4.78 is 28.8. The van der Waals surface area contributed by atoms with Crippen molar-refractivity contribution in [1.29, 1.82) is 0 Å². The zero-order valence-electron chi connectivity index (χ0n) is 26.7. The summed E-state index contributed by atoms with van der Waals surface area (Å²) in [7, 11) is 6.14. The monoisotopic (exact) mass is 647 g/mol. The second kappa shape index (κ2) is 14.7. The lowest BCUT2D eigenvalue weighted by Crippen LogP contribution is -2.53. The Kier molecular flexibility index (Phi) is 11.2. The SMILES string of the molecule is COc1cc2cc(c1Cl)N(C)C(=O)C[C@H](OC(=O)[C@H](C)N(C)C=O)C1OC1[C@H](C)C1CC(NC(=O)O1)[C@H](OC)/C=C/C=C(\C)C2. The Labute approximate surface area is 268 Å². The van der Waals surface area contributed by atoms with E-state index in [0.29, 0.717) is 30.7 Å². The highest BCUT2D eigenvalue weighted by molar-refractivity contribution is 6.35. The summed E-state index contributed by atoms with van der Waals surface area (Å²) >= 11 is 6.68. The minimum Gasteiger partial charge on any atom is -0.495 e. The highest BCUT2D eigenvalue weighted by Crippen LogP contribution is 2.40. The van der Waals surface area contributed by atoms with E-state index in [9.17, 15) is 19.2 Å². The molecule has 3 amide bonds.